The van der Waals surface area contributed by atoms with E-state index in [1.807, 2.05) is 30.3 Å². The van der Waals surface area contributed by atoms with Crippen LogP contribution in [0.15, 0.2) is 54.9 Å². The Morgan fingerprint density at radius 2 is 1.94 bits per heavy atom. The van der Waals surface area contributed by atoms with Crippen LogP contribution in [0.2, 0.25) is 0 Å². The third-order valence-corrected chi connectivity index (χ3v) is 4.59. The Kier molecular flexibility index (Phi) is 5.76. The van der Waals surface area contributed by atoms with Gasteiger partial charge in [0.05, 0.1) is 24.6 Å². The van der Waals surface area contributed by atoms with Gasteiger partial charge in [-0.25, -0.2) is 19.9 Å². The van der Waals surface area contributed by atoms with E-state index < -0.39 is 6.10 Å². The standard InChI is InChI=1S/C22H23N7O2/c1-13(30)11-26-22-24-9-8-16(27-22)19-18(15-10-17(31-2)20(23)25-12-15)28-21(29-19)14-6-4-3-5-7-14/h3-10,12-13,30H,11H2,1-2H3,(H2,23,25)(H,28,29)(H,24,26,27)/t13-/m0/s1. The van der Waals surface area contributed by atoms with E-state index in [4.69, 9.17) is 15.5 Å². The first-order valence-electron chi connectivity index (χ1n) is 9.76. The number of aromatic nitrogens is 5. The first-order valence-corrected chi connectivity index (χ1v) is 9.76. The molecule has 5 N–H and O–H groups in total. The van der Waals surface area contributed by atoms with Gasteiger partial charge in [0.2, 0.25) is 5.95 Å². The molecule has 0 amide bonds. The molecule has 0 fully saturated rings. The highest BCUT2D eigenvalue weighted by Crippen LogP contribution is 2.34. The lowest BCUT2D eigenvalue weighted by molar-refractivity contribution is 0.208. The zero-order valence-corrected chi connectivity index (χ0v) is 17.2. The Morgan fingerprint density at radius 1 is 1.13 bits per heavy atom. The summed E-state index contributed by atoms with van der Waals surface area (Å²) in [5.74, 6) is 1.87. The quantitative estimate of drug-likeness (QED) is 0.360. The van der Waals surface area contributed by atoms with Gasteiger partial charge < -0.3 is 25.9 Å². The molecule has 0 saturated heterocycles. The summed E-state index contributed by atoms with van der Waals surface area (Å²) in [4.78, 5) is 21.3. The Morgan fingerprint density at radius 3 is 2.68 bits per heavy atom. The van der Waals surface area contributed by atoms with Crippen molar-refractivity contribution >= 4 is 11.8 Å². The zero-order chi connectivity index (χ0) is 21.8. The molecule has 3 aromatic heterocycles. The highest BCUT2D eigenvalue weighted by molar-refractivity contribution is 5.80. The molecule has 0 aliphatic carbocycles. The van der Waals surface area contributed by atoms with Crippen LogP contribution in [0.5, 0.6) is 5.75 Å². The number of hydrogen-bond donors (Lipinski definition) is 4. The number of H-pyrrole nitrogens is 1. The Hall–Kier alpha value is -3.98. The molecule has 9 nitrogen and oxygen atoms in total. The summed E-state index contributed by atoms with van der Waals surface area (Å²) in [6.07, 6.45) is 2.79. The number of pyridine rings is 1. The van der Waals surface area contributed by atoms with Crippen LogP contribution in [0.25, 0.3) is 34.0 Å². The molecule has 0 saturated carbocycles. The Labute approximate surface area is 179 Å². The van der Waals surface area contributed by atoms with Crippen molar-refractivity contribution in [3.8, 4) is 39.8 Å². The molecule has 0 aliphatic rings. The Balaban J connectivity index is 1.83. The maximum atomic E-state index is 9.53. The van der Waals surface area contributed by atoms with E-state index in [1.54, 1.807) is 38.6 Å². The number of benzene rings is 1. The number of aromatic amines is 1. The van der Waals surface area contributed by atoms with Gasteiger partial charge in [-0.2, -0.15) is 0 Å². The summed E-state index contributed by atoms with van der Waals surface area (Å²) in [6.45, 7) is 2.03. The van der Waals surface area contributed by atoms with E-state index in [2.05, 4.69) is 25.3 Å². The van der Waals surface area contributed by atoms with Crippen molar-refractivity contribution in [3.63, 3.8) is 0 Å². The predicted octanol–water partition coefficient (Wildman–Crippen LogP) is 2.98. The van der Waals surface area contributed by atoms with Crippen LogP contribution in [0.3, 0.4) is 0 Å². The average Bonchev–Trinajstić information content (AvgIpc) is 3.24. The molecular weight excluding hydrogens is 394 g/mol. The molecule has 0 radical (unpaired) electrons. The molecule has 0 bridgehead atoms. The summed E-state index contributed by atoms with van der Waals surface area (Å²) < 4.78 is 5.33. The third kappa shape index (κ3) is 4.46. The summed E-state index contributed by atoms with van der Waals surface area (Å²) in [6, 6.07) is 13.4. The fourth-order valence-corrected chi connectivity index (χ4v) is 3.07. The second kappa shape index (κ2) is 8.80. The molecule has 158 valence electrons. The van der Waals surface area contributed by atoms with Crippen molar-refractivity contribution in [2.24, 2.45) is 0 Å². The highest BCUT2D eigenvalue weighted by atomic mass is 16.5. The van der Waals surface area contributed by atoms with Gasteiger partial charge in [-0.05, 0) is 19.1 Å². The first-order chi connectivity index (χ1) is 15.0. The maximum absolute atomic E-state index is 9.53. The SMILES string of the molecule is COc1cc(-c2nc(-c3ccccc3)[nH]c2-c2ccnc(NC[C@H](C)O)n2)cnc1N. The lowest BCUT2D eigenvalue weighted by Crippen LogP contribution is -2.16. The van der Waals surface area contributed by atoms with Gasteiger partial charge in [0.25, 0.3) is 0 Å². The van der Waals surface area contributed by atoms with Crippen molar-refractivity contribution in [2.45, 2.75) is 13.0 Å². The molecule has 31 heavy (non-hydrogen) atoms. The van der Waals surface area contributed by atoms with Crippen LogP contribution in [0.4, 0.5) is 11.8 Å². The minimum atomic E-state index is -0.520. The first kappa shape index (κ1) is 20.3. The lowest BCUT2D eigenvalue weighted by atomic mass is 10.1. The number of imidazole rings is 1. The van der Waals surface area contributed by atoms with Gasteiger partial charge >= 0.3 is 0 Å². The monoisotopic (exact) mass is 417 g/mol. The number of nitrogen functional groups attached to an aromatic ring is 1. The molecular formula is C22H23N7O2. The molecule has 0 spiro atoms. The van der Waals surface area contributed by atoms with Crippen LogP contribution in [-0.2, 0) is 0 Å². The number of aliphatic hydroxyl groups excluding tert-OH is 1. The van der Waals surface area contributed by atoms with E-state index in [-0.39, 0.29) is 0 Å². The molecule has 0 unspecified atom stereocenters. The molecule has 4 rings (SSSR count). The number of nitrogens with zero attached hydrogens (tertiary/aromatic N) is 4. The maximum Gasteiger partial charge on any atom is 0.223 e. The van der Waals surface area contributed by atoms with E-state index in [9.17, 15) is 5.11 Å². The molecule has 3 heterocycles. The summed E-state index contributed by atoms with van der Waals surface area (Å²) in [5.41, 5.74) is 9.56. The predicted molar refractivity (Wildman–Crippen MR) is 119 cm³/mol. The second-order valence-electron chi connectivity index (χ2n) is 6.98. The van der Waals surface area contributed by atoms with Gasteiger partial charge in [-0.15, -0.1) is 0 Å². The van der Waals surface area contributed by atoms with Crippen LogP contribution in [0.1, 0.15) is 6.92 Å². The fraction of sp³-hybridized carbons (Fsp3) is 0.182. The fourth-order valence-electron chi connectivity index (χ4n) is 3.07. The van der Waals surface area contributed by atoms with Gasteiger partial charge in [0, 0.05) is 30.1 Å². The number of hydrogen-bond acceptors (Lipinski definition) is 8. The summed E-state index contributed by atoms with van der Waals surface area (Å²) in [7, 11) is 1.54. The number of anilines is 2. The van der Waals surface area contributed by atoms with Crippen LogP contribution >= 0.6 is 0 Å². The number of rotatable bonds is 7. The summed E-state index contributed by atoms with van der Waals surface area (Å²) in [5, 5.41) is 12.6. The van der Waals surface area contributed by atoms with Crippen LogP contribution < -0.4 is 15.8 Å². The van der Waals surface area contributed by atoms with Crippen LogP contribution in [0, 0.1) is 0 Å². The number of methoxy groups -OCH3 is 1. The number of nitrogens with one attached hydrogen (secondary N) is 2. The lowest BCUT2D eigenvalue weighted by Gasteiger charge is -2.09. The van der Waals surface area contributed by atoms with Crippen molar-refractivity contribution in [1.82, 2.24) is 24.9 Å². The smallest absolute Gasteiger partial charge is 0.223 e. The van der Waals surface area contributed by atoms with Gasteiger partial charge in [0.15, 0.2) is 11.6 Å². The number of aliphatic hydroxyl groups is 1. The molecule has 9 heteroatoms. The van der Waals surface area contributed by atoms with E-state index in [1.165, 1.54) is 0 Å². The third-order valence-electron chi connectivity index (χ3n) is 4.59. The van der Waals surface area contributed by atoms with E-state index in [0.717, 1.165) is 11.1 Å². The minimum Gasteiger partial charge on any atom is -0.493 e. The topological polar surface area (TPSA) is 135 Å². The molecule has 0 aliphatic heterocycles. The zero-order valence-electron chi connectivity index (χ0n) is 17.2. The second-order valence-corrected chi connectivity index (χ2v) is 6.98. The van der Waals surface area contributed by atoms with E-state index in [0.29, 0.717) is 47.0 Å². The van der Waals surface area contributed by atoms with Gasteiger partial charge in [-0.3, -0.25) is 0 Å². The number of nitrogens with two attached hydrogens (primary N) is 1. The van der Waals surface area contributed by atoms with Crippen molar-refractivity contribution in [1.29, 1.82) is 0 Å². The van der Waals surface area contributed by atoms with Crippen molar-refractivity contribution in [3.05, 3.63) is 54.9 Å². The largest absolute Gasteiger partial charge is 0.493 e. The van der Waals surface area contributed by atoms with Gasteiger partial charge in [0.1, 0.15) is 11.5 Å². The normalized spacial score (nSPS) is 11.8. The van der Waals surface area contributed by atoms with Crippen molar-refractivity contribution in [2.75, 3.05) is 24.7 Å². The number of ether oxygens (including phenoxy) is 1. The molecule has 1 aromatic carbocycles. The van der Waals surface area contributed by atoms with Crippen molar-refractivity contribution < 1.29 is 9.84 Å². The van der Waals surface area contributed by atoms with E-state index >= 15 is 0 Å². The van der Waals surface area contributed by atoms with Crippen LogP contribution in [-0.4, -0.2) is 49.8 Å². The molecule has 1 atom stereocenters. The summed E-state index contributed by atoms with van der Waals surface area (Å²) >= 11 is 0. The van der Waals surface area contributed by atoms with Gasteiger partial charge in [-0.1, -0.05) is 30.3 Å². The Bertz CT molecular complexity index is 1180. The highest BCUT2D eigenvalue weighted by Gasteiger charge is 2.18. The average molecular weight is 417 g/mol. The molecule has 4 aromatic rings. The minimum absolute atomic E-state index is 0.304.